The summed E-state index contributed by atoms with van der Waals surface area (Å²) >= 11 is 0. The molecule has 0 aliphatic heterocycles. The molecule has 32 heavy (non-hydrogen) atoms. The molecule has 0 aliphatic carbocycles. The number of rotatable bonds is 11. The second-order valence-corrected chi connectivity index (χ2v) is 11.5. The van der Waals surface area contributed by atoms with Crippen LogP contribution in [0.5, 0.6) is 0 Å². The predicted octanol–water partition coefficient (Wildman–Crippen LogP) is 2.57. The van der Waals surface area contributed by atoms with Crippen LogP contribution in [0.3, 0.4) is 0 Å². The second kappa shape index (κ2) is 11.0. The number of nitrogens with zero attached hydrogens (tertiary/aromatic N) is 2. The van der Waals surface area contributed by atoms with Crippen molar-refractivity contribution in [1.82, 2.24) is 8.61 Å². The van der Waals surface area contributed by atoms with Gasteiger partial charge >= 0.3 is 5.97 Å². The third-order valence-electron chi connectivity index (χ3n) is 4.91. The van der Waals surface area contributed by atoms with E-state index in [1.165, 1.54) is 34.7 Å². The van der Waals surface area contributed by atoms with Gasteiger partial charge in [0.2, 0.25) is 20.0 Å². The Kier molecular flexibility index (Phi) is 8.97. The van der Waals surface area contributed by atoms with Gasteiger partial charge in [0, 0.05) is 33.6 Å². The summed E-state index contributed by atoms with van der Waals surface area (Å²) in [5.74, 6) is -0.499. The largest absolute Gasteiger partial charge is 0.464 e. The van der Waals surface area contributed by atoms with Crippen LogP contribution >= 0.6 is 0 Å². The van der Waals surface area contributed by atoms with Crippen LogP contribution in [0, 0.1) is 13.8 Å². The number of aryl methyl sites for hydroxylation is 2. The molecule has 0 amide bonds. The van der Waals surface area contributed by atoms with Crippen molar-refractivity contribution < 1.29 is 26.4 Å². The molecule has 176 valence electrons. The zero-order chi connectivity index (χ0) is 23.9. The summed E-state index contributed by atoms with van der Waals surface area (Å²) in [6.07, 6.45) is 0.271. The number of hydrogen-bond donors (Lipinski definition) is 0. The van der Waals surface area contributed by atoms with Crippen LogP contribution in [-0.4, -0.2) is 64.7 Å². The lowest BCUT2D eigenvalue weighted by molar-refractivity contribution is -0.141. The standard InChI is InChI=1S/C22H30N2O6S2/c1-18-6-10-21(11-7-18)31(26,27)23(4)14-5-15-24(16-17-30-20(3)25)32(28,29)22-12-8-19(2)9-13-22/h6-13H,5,14-17H2,1-4H3. The molecule has 0 saturated heterocycles. The highest BCUT2D eigenvalue weighted by Gasteiger charge is 2.26. The average molecular weight is 483 g/mol. The van der Waals surface area contributed by atoms with Gasteiger partial charge in [0.05, 0.1) is 9.79 Å². The lowest BCUT2D eigenvalue weighted by atomic mass is 10.2. The Morgan fingerprint density at radius 3 is 1.72 bits per heavy atom. The Labute approximate surface area is 190 Å². The van der Waals surface area contributed by atoms with E-state index in [4.69, 9.17) is 4.74 Å². The van der Waals surface area contributed by atoms with E-state index in [-0.39, 0.29) is 42.5 Å². The fraction of sp³-hybridized carbons (Fsp3) is 0.409. The summed E-state index contributed by atoms with van der Waals surface area (Å²) < 4.78 is 59.0. The number of esters is 1. The van der Waals surface area contributed by atoms with Crippen molar-refractivity contribution in [2.45, 2.75) is 37.0 Å². The van der Waals surface area contributed by atoms with Crippen molar-refractivity contribution in [3.8, 4) is 0 Å². The summed E-state index contributed by atoms with van der Waals surface area (Å²) in [7, 11) is -6.05. The van der Waals surface area contributed by atoms with Gasteiger partial charge < -0.3 is 4.74 Å². The Morgan fingerprint density at radius 1 is 0.781 bits per heavy atom. The quantitative estimate of drug-likeness (QED) is 0.456. The Balaban J connectivity index is 2.11. The van der Waals surface area contributed by atoms with Crippen LogP contribution in [0.25, 0.3) is 0 Å². The minimum Gasteiger partial charge on any atom is -0.464 e. The van der Waals surface area contributed by atoms with Crippen molar-refractivity contribution in [2.24, 2.45) is 0 Å². The summed E-state index contributed by atoms with van der Waals surface area (Å²) in [6, 6.07) is 13.0. The zero-order valence-electron chi connectivity index (χ0n) is 18.8. The molecule has 0 bridgehead atoms. The molecule has 8 nitrogen and oxygen atoms in total. The lowest BCUT2D eigenvalue weighted by Crippen LogP contribution is -2.37. The molecule has 0 radical (unpaired) electrons. The normalized spacial score (nSPS) is 12.3. The van der Waals surface area contributed by atoms with Crippen molar-refractivity contribution >= 4 is 26.0 Å². The van der Waals surface area contributed by atoms with E-state index in [1.54, 1.807) is 36.4 Å². The molecule has 0 saturated carbocycles. The number of benzene rings is 2. The lowest BCUT2D eigenvalue weighted by Gasteiger charge is -2.24. The summed E-state index contributed by atoms with van der Waals surface area (Å²) in [4.78, 5) is 11.4. The minimum absolute atomic E-state index is 0.0236. The molecule has 10 heteroatoms. The molecule has 0 spiro atoms. The first kappa shape index (κ1) is 26.0. The van der Waals surface area contributed by atoms with E-state index in [9.17, 15) is 21.6 Å². The van der Waals surface area contributed by atoms with Crippen LogP contribution in [0.2, 0.25) is 0 Å². The Hall–Kier alpha value is -2.27. The van der Waals surface area contributed by atoms with Crippen molar-refractivity contribution in [3.63, 3.8) is 0 Å². The molecule has 2 aromatic carbocycles. The molecule has 2 rings (SSSR count). The van der Waals surface area contributed by atoms with E-state index in [0.717, 1.165) is 11.1 Å². The molecule has 0 fully saturated rings. The fourth-order valence-corrected chi connectivity index (χ4v) is 5.65. The number of sulfonamides is 2. The van der Waals surface area contributed by atoms with Crippen LogP contribution in [-0.2, 0) is 29.6 Å². The van der Waals surface area contributed by atoms with Gasteiger partial charge in [-0.25, -0.2) is 21.1 Å². The van der Waals surface area contributed by atoms with E-state index in [1.807, 2.05) is 13.8 Å². The van der Waals surface area contributed by atoms with Gasteiger partial charge in [0.1, 0.15) is 6.61 Å². The zero-order valence-corrected chi connectivity index (χ0v) is 20.4. The molecule has 2 aromatic rings. The van der Waals surface area contributed by atoms with Gasteiger partial charge in [-0.05, 0) is 44.5 Å². The van der Waals surface area contributed by atoms with E-state index in [0.29, 0.717) is 0 Å². The maximum absolute atomic E-state index is 13.1. The van der Waals surface area contributed by atoms with Crippen molar-refractivity contribution in [2.75, 3.05) is 33.3 Å². The van der Waals surface area contributed by atoms with Crippen LogP contribution in [0.4, 0.5) is 0 Å². The third kappa shape index (κ3) is 6.86. The minimum atomic E-state index is -3.83. The summed E-state index contributed by atoms with van der Waals surface area (Å²) in [5.41, 5.74) is 1.88. The van der Waals surface area contributed by atoms with E-state index < -0.39 is 26.0 Å². The van der Waals surface area contributed by atoms with Crippen molar-refractivity contribution in [3.05, 3.63) is 59.7 Å². The summed E-state index contributed by atoms with van der Waals surface area (Å²) in [5, 5.41) is 0. The van der Waals surface area contributed by atoms with Gasteiger partial charge in [0.15, 0.2) is 0 Å². The molecule has 0 aromatic heterocycles. The highest BCUT2D eigenvalue weighted by Crippen LogP contribution is 2.18. The van der Waals surface area contributed by atoms with Gasteiger partial charge in [-0.15, -0.1) is 0 Å². The average Bonchev–Trinajstić information content (AvgIpc) is 2.72. The van der Waals surface area contributed by atoms with E-state index in [2.05, 4.69) is 0 Å². The maximum atomic E-state index is 13.1. The SMILES string of the molecule is CC(=O)OCCN(CCCN(C)S(=O)(=O)c1ccc(C)cc1)S(=O)(=O)c1ccc(C)cc1. The first-order chi connectivity index (χ1) is 14.9. The number of hydrogen-bond acceptors (Lipinski definition) is 6. The second-order valence-electron chi connectivity index (χ2n) is 7.55. The van der Waals surface area contributed by atoms with Crippen LogP contribution in [0.1, 0.15) is 24.5 Å². The molecule has 0 aliphatic rings. The third-order valence-corrected chi connectivity index (χ3v) is 8.70. The van der Waals surface area contributed by atoms with Gasteiger partial charge in [-0.2, -0.15) is 4.31 Å². The number of ether oxygens (including phenoxy) is 1. The highest BCUT2D eigenvalue weighted by molar-refractivity contribution is 7.89. The monoisotopic (exact) mass is 482 g/mol. The molecule has 0 unspecified atom stereocenters. The first-order valence-electron chi connectivity index (χ1n) is 10.2. The molecule has 0 heterocycles. The van der Waals surface area contributed by atoms with Gasteiger partial charge in [-0.3, -0.25) is 4.79 Å². The molecule has 0 N–H and O–H groups in total. The molecule has 0 atom stereocenters. The Morgan fingerprint density at radius 2 is 1.25 bits per heavy atom. The van der Waals surface area contributed by atoms with Crippen LogP contribution in [0.15, 0.2) is 58.3 Å². The fourth-order valence-electron chi connectivity index (χ4n) is 2.98. The maximum Gasteiger partial charge on any atom is 0.302 e. The first-order valence-corrected chi connectivity index (χ1v) is 13.1. The molecular weight excluding hydrogens is 452 g/mol. The highest BCUT2D eigenvalue weighted by atomic mass is 32.2. The van der Waals surface area contributed by atoms with Crippen molar-refractivity contribution in [1.29, 1.82) is 0 Å². The van der Waals surface area contributed by atoms with Gasteiger partial charge in [-0.1, -0.05) is 35.4 Å². The van der Waals surface area contributed by atoms with Crippen LogP contribution < -0.4 is 0 Å². The topological polar surface area (TPSA) is 101 Å². The summed E-state index contributed by atoms with van der Waals surface area (Å²) in [6.45, 7) is 5.08. The number of carbonyl (C=O) groups is 1. The number of carbonyl (C=O) groups excluding carboxylic acids is 1. The predicted molar refractivity (Wildman–Crippen MR) is 122 cm³/mol. The Bertz CT molecular complexity index is 1110. The smallest absolute Gasteiger partial charge is 0.302 e. The van der Waals surface area contributed by atoms with E-state index >= 15 is 0 Å². The van der Waals surface area contributed by atoms with Gasteiger partial charge in [0.25, 0.3) is 0 Å². The molecular formula is C22H30N2O6S2.